The fourth-order valence-corrected chi connectivity index (χ4v) is 3.22. The molecule has 0 heterocycles. The van der Waals surface area contributed by atoms with Gasteiger partial charge in [0.25, 0.3) is 5.36 Å². The second-order valence-corrected chi connectivity index (χ2v) is 10.3. The molecule has 5 heteroatoms. The van der Waals surface area contributed by atoms with Crippen LogP contribution in [0.2, 0.25) is 0 Å². The lowest BCUT2D eigenvalue weighted by Crippen LogP contribution is -2.31. The van der Waals surface area contributed by atoms with Gasteiger partial charge < -0.3 is 0 Å². The van der Waals surface area contributed by atoms with Crippen LogP contribution in [0.5, 0.6) is 0 Å². The molecule has 0 aliphatic carbocycles. The summed E-state index contributed by atoms with van der Waals surface area (Å²) in [6.07, 6.45) is 0. The average molecular weight is 290 g/mol. The van der Waals surface area contributed by atoms with Crippen molar-refractivity contribution in [1.29, 1.82) is 0 Å². The highest BCUT2D eigenvalue weighted by Crippen LogP contribution is 2.70. The van der Waals surface area contributed by atoms with Crippen molar-refractivity contribution in [2.45, 2.75) is 0 Å². The first-order valence-corrected chi connectivity index (χ1v) is 7.88. The molecule has 0 spiro atoms. The SMILES string of the molecule is CN(C)[P+](I)(N(C)C)N(C)C. The van der Waals surface area contributed by atoms with Gasteiger partial charge in [-0.3, -0.25) is 0 Å². The Morgan fingerprint density at radius 3 is 0.909 bits per heavy atom. The van der Waals surface area contributed by atoms with Gasteiger partial charge in [0.2, 0.25) is 22.0 Å². The zero-order valence-electron chi connectivity index (χ0n) is 8.17. The van der Waals surface area contributed by atoms with Gasteiger partial charge in [-0.25, -0.2) is 0 Å². The van der Waals surface area contributed by atoms with Crippen molar-refractivity contribution in [3.05, 3.63) is 0 Å². The summed E-state index contributed by atoms with van der Waals surface area (Å²) in [5, 5.41) is -1.22. The van der Waals surface area contributed by atoms with Crippen molar-refractivity contribution < 1.29 is 0 Å². The van der Waals surface area contributed by atoms with E-state index >= 15 is 0 Å². The average Bonchev–Trinajstić information content (AvgIpc) is 1.84. The summed E-state index contributed by atoms with van der Waals surface area (Å²) in [7, 11) is 12.8. The fraction of sp³-hybridized carbons (Fsp3) is 1.00. The largest absolute Gasteiger partial charge is 0.288 e. The molecular weight excluding hydrogens is 272 g/mol. The van der Waals surface area contributed by atoms with Crippen LogP contribution >= 0.6 is 27.4 Å². The Bertz CT molecular complexity index is 105. The molecule has 68 valence electrons. The normalized spacial score (nSPS) is 13.6. The van der Waals surface area contributed by atoms with E-state index in [1.165, 1.54) is 0 Å². The Hall–Kier alpha value is 1.04. The van der Waals surface area contributed by atoms with Gasteiger partial charge in [0.05, 0.1) is 0 Å². The summed E-state index contributed by atoms with van der Waals surface area (Å²) in [5.74, 6) is 0. The monoisotopic (exact) mass is 290 g/mol. The van der Waals surface area contributed by atoms with Crippen LogP contribution in [0.25, 0.3) is 0 Å². The van der Waals surface area contributed by atoms with Crippen molar-refractivity contribution in [3.8, 4) is 0 Å². The maximum atomic E-state index is 2.53. The van der Waals surface area contributed by atoms with Crippen LogP contribution in [0.15, 0.2) is 0 Å². The van der Waals surface area contributed by atoms with Crippen molar-refractivity contribution in [1.82, 2.24) is 14.0 Å². The van der Waals surface area contributed by atoms with E-state index in [0.29, 0.717) is 0 Å². The van der Waals surface area contributed by atoms with Crippen LogP contribution in [0, 0.1) is 0 Å². The first kappa shape index (κ1) is 12.0. The van der Waals surface area contributed by atoms with E-state index in [1.54, 1.807) is 0 Å². The minimum absolute atomic E-state index is 1.22. The Morgan fingerprint density at radius 2 is 0.909 bits per heavy atom. The molecule has 0 radical (unpaired) electrons. The standard InChI is InChI=1S/C6H18IN3P/c1-8(2)11(7,9(3)4)10(5)6/h1-6H3/q+1. The van der Waals surface area contributed by atoms with Gasteiger partial charge in [0.1, 0.15) is 0 Å². The molecule has 0 aliphatic rings. The molecule has 0 aromatic carbocycles. The van der Waals surface area contributed by atoms with Crippen LogP contribution in [-0.2, 0) is 0 Å². The molecule has 0 aromatic rings. The minimum atomic E-state index is -1.22. The lowest BCUT2D eigenvalue weighted by atomic mass is 11.2. The quantitative estimate of drug-likeness (QED) is 0.579. The molecule has 0 aromatic heterocycles. The predicted octanol–water partition coefficient (Wildman–Crippen LogP) is 1.78. The van der Waals surface area contributed by atoms with Crippen LogP contribution in [0.1, 0.15) is 0 Å². The number of nitrogens with zero attached hydrogens (tertiary/aromatic N) is 3. The lowest BCUT2D eigenvalue weighted by Gasteiger charge is -2.34. The number of hydrogen-bond donors (Lipinski definition) is 0. The highest BCUT2D eigenvalue weighted by atomic mass is 127. The topological polar surface area (TPSA) is 9.72 Å². The summed E-state index contributed by atoms with van der Waals surface area (Å²) < 4.78 is 6.86. The van der Waals surface area contributed by atoms with Gasteiger partial charge in [-0.15, -0.1) is 14.0 Å². The highest BCUT2D eigenvalue weighted by Gasteiger charge is 2.45. The molecule has 0 amide bonds. The van der Waals surface area contributed by atoms with Gasteiger partial charge in [-0.05, 0) is 0 Å². The van der Waals surface area contributed by atoms with Crippen molar-refractivity contribution in [2.24, 2.45) is 0 Å². The molecular formula is C6H18IN3P+. The molecule has 0 saturated heterocycles. The number of hydrogen-bond acceptors (Lipinski definition) is 3. The molecule has 0 atom stereocenters. The van der Waals surface area contributed by atoms with Crippen LogP contribution in [0.4, 0.5) is 0 Å². The number of rotatable bonds is 3. The molecule has 0 saturated carbocycles. The Kier molecular flexibility index (Phi) is 4.73. The van der Waals surface area contributed by atoms with Crippen LogP contribution in [0.3, 0.4) is 0 Å². The maximum Gasteiger partial charge on any atom is 0.288 e. The highest BCUT2D eigenvalue weighted by molar-refractivity contribution is 14.2. The minimum Gasteiger partial charge on any atom is -0.147 e. The van der Waals surface area contributed by atoms with Gasteiger partial charge in [-0.2, -0.15) is 0 Å². The summed E-state index contributed by atoms with van der Waals surface area (Å²) in [6.45, 7) is 0. The predicted molar refractivity (Wildman–Crippen MR) is 62.0 cm³/mol. The van der Waals surface area contributed by atoms with E-state index in [1.807, 2.05) is 0 Å². The summed E-state index contributed by atoms with van der Waals surface area (Å²) in [4.78, 5) is 0. The smallest absolute Gasteiger partial charge is 0.147 e. The molecule has 11 heavy (non-hydrogen) atoms. The third kappa shape index (κ3) is 2.49. The third-order valence-corrected chi connectivity index (χ3v) is 12.3. The summed E-state index contributed by atoms with van der Waals surface area (Å²) in [6, 6.07) is 0. The van der Waals surface area contributed by atoms with Gasteiger partial charge in [-0.1, -0.05) is 0 Å². The third-order valence-electron chi connectivity index (χ3n) is 1.53. The van der Waals surface area contributed by atoms with Crippen molar-refractivity contribution >= 4 is 27.4 Å². The van der Waals surface area contributed by atoms with Gasteiger partial charge in [0, 0.05) is 42.3 Å². The maximum absolute atomic E-state index is 2.53. The van der Waals surface area contributed by atoms with Crippen LogP contribution in [-0.4, -0.2) is 56.3 Å². The van der Waals surface area contributed by atoms with E-state index in [9.17, 15) is 0 Å². The Labute approximate surface area is 83.7 Å². The van der Waals surface area contributed by atoms with E-state index in [4.69, 9.17) is 0 Å². The van der Waals surface area contributed by atoms with Gasteiger partial charge >= 0.3 is 0 Å². The molecule has 0 aliphatic heterocycles. The molecule has 0 bridgehead atoms. The first-order chi connectivity index (χ1) is 4.83. The van der Waals surface area contributed by atoms with Crippen molar-refractivity contribution in [3.63, 3.8) is 0 Å². The second-order valence-electron chi connectivity index (χ2n) is 3.04. The number of halogens is 1. The van der Waals surface area contributed by atoms with Crippen LogP contribution < -0.4 is 0 Å². The van der Waals surface area contributed by atoms with E-state index in [2.05, 4.69) is 78.3 Å². The van der Waals surface area contributed by atoms with E-state index < -0.39 is 5.36 Å². The Morgan fingerprint density at radius 1 is 0.727 bits per heavy atom. The molecule has 0 fully saturated rings. The lowest BCUT2D eigenvalue weighted by molar-refractivity contribution is 0.486. The zero-order valence-corrected chi connectivity index (χ0v) is 11.2. The zero-order chi connectivity index (χ0) is 9.23. The van der Waals surface area contributed by atoms with Gasteiger partial charge in [0.15, 0.2) is 0 Å². The molecule has 3 nitrogen and oxygen atoms in total. The second kappa shape index (κ2) is 4.33. The molecule has 0 N–H and O–H groups in total. The first-order valence-electron chi connectivity index (χ1n) is 3.45. The fourth-order valence-electron chi connectivity index (χ4n) is 1.07. The molecule has 0 unspecified atom stereocenters. The van der Waals surface area contributed by atoms with Crippen molar-refractivity contribution in [2.75, 3.05) is 42.3 Å². The Balaban J connectivity index is 4.53. The summed E-state index contributed by atoms with van der Waals surface area (Å²) in [5.41, 5.74) is 0. The van der Waals surface area contributed by atoms with E-state index in [0.717, 1.165) is 0 Å². The summed E-state index contributed by atoms with van der Waals surface area (Å²) >= 11 is 2.53. The van der Waals surface area contributed by atoms with E-state index in [-0.39, 0.29) is 0 Å². The molecule has 0 rings (SSSR count).